The molecule has 0 saturated carbocycles. The van der Waals surface area contributed by atoms with Crippen LogP contribution < -0.4 is 20.7 Å². The molecule has 58 heavy (non-hydrogen) atoms. The van der Waals surface area contributed by atoms with Crippen molar-refractivity contribution in [2.24, 2.45) is 18.4 Å². The lowest BCUT2D eigenvalue weighted by atomic mass is 9.76. The molecule has 4 fully saturated rings. The van der Waals surface area contributed by atoms with E-state index < -0.39 is 29.7 Å². The lowest BCUT2D eigenvalue weighted by molar-refractivity contribution is -0.136. The van der Waals surface area contributed by atoms with Crippen LogP contribution in [-0.4, -0.2) is 100 Å². The fourth-order valence-corrected chi connectivity index (χ4v) is 10.4. The minimum atomic E-state index is -0.973. The third-order valence-corrected chi connectivity index (χ3v) is 13.7. The maximum absolute atomic E-state index is 13.6. The normalized spacial score (nSPS) is 23.4. The molecule has 1 spiro atoms. The predicted octanol–water partition coefficient (Wildman–Crippen LogP) is 3.41. The first kappa shape index (κ1) is 37.7. The molecule has 3 aromatic rings. The molecule has 2 atom stereocenters. The molecule has 1 unspecified atom stereocenters. The first-order valence-corrected chi connectivity index (χ1v) is 20.5. The average Bonchev–Trinajstić information content (AvgIpc) is 3.84. The van der Waals surface area contributed by atoms with Crippen molar-refractivity contribution < 1.29 is 24.0 Å². The zero-order valence-corrected chi connectivity index (χ0v) is 33.0. The quantitative estimate of drug-likeness (QED) is 0.368. The molecule has 4 saturated heterocycles. The molecular formula is C44H48N8O6. The number of hydrogen-bond acceptors (Lipinski definition) is 10. The highest BCUT2D eigenvalue weighted by molar-refractivity contribution is 6.23. The van der Waals surface area contributed by atoms with Gasteiger partial charge in [0.1, 0.15) is 23.5 Å². The fraction of sp³-hybridized carbons (Fsp3) is 0.477. The third kappa shape index (κ3) is 6.55. The lowest BCUT2D eigenvalue weighted by Crippen LogP contribution is -2.54. The highest BCUT2D eigenvalue weighted by atomic mass is 16.2. The van der Waals surface area contributed by atoms with E-state index in [4.69, 9.17) is 0 Å². The number of piperidine rings is 3. The van der Waals surface area contributed by atoms with Gasteiger partial charge in [0.25, 0.3) is 23.3 Å². The van der Waals surface area contributed by atoms with Crippen molar-refractivity contribution in [3.05, 3.63) is 92.4 Å². The molecule has 14 heteroatoms. The average molecular weight is 785 g/mol. The van der Waals surface area contributed by atoms with E-state index in [9.17, 15) is 34.0 Å². The number of nitrogens with one attached hydrogen (secondary N) is 1. The summed E-state index contributed by atoms with van der Waals surface area (Å²) in [6, 6.07) is 16.5. The standard InChI is InChI=1S/C44H48N8O6/c1-27-21-44(26-51(27)37-8-7-33(22-45)47(2)43(37)58)13-17-49(18-14-44)32-5-3-29(4-6-32)40(55)50-15-11-28(12-16-50)23-48-24-30-19-34-35(20-31(30)25-48)42(57)52(41(34)56)36-9-10-38(53)46-39(36)54/h3-8,19-20,27-28,36H,9-18,21,23-26H2,1-2H3,(H,46,53,54)/t27-,36?/m0/s1. The molecule has 6 aliphatic rings. The van der Waals surface area contributed by atoms with Gasteiger partial charge in [-0.2, -0.15) is 5.26 Å². The SMILES string of the molecule is C[C@H]1CC2(CCN(c3ccc(C(=O)N4CCC(CN5Cc6cc7c(cc6C5)C(=O)N(C5CCC(=O)NC5=O)C7=O)CC4)cc3)CC2)CN1c1ccc(C#N)n(C)c1=O. The summed E-state index contributed by atoms with van der Waals surface area (Å²) >= 11 is 0. The van der Waals surface area contributed by atoms with Crippen LogP contribution in [0, 0.1) is 22.7 Å². The van der Waals surface area contributed by atoms with Crippen molar-refractivity contribution in [1.82, 2.24) is 24.6 Å². The molecule has 1 N–H and O–H groups in total. The molecular weight excluding hydrogens is 737 g/mol. The van der Waals surface area contributed by atoms with Crippen molar-refractivity contribution >= 4 is 40.9 Å². The van der Waals surface area contributed by atoms with Gasteiger partial charge in [-0.25, -0.2) is 0 Å². The number of pyridine rings is 1. The summed E-state index contributed by atoms with van der Waals surface area (Å²) in [4.78, 5) is 87.3. The first-order chi connectivity index (χ1) is 27.9. The summed E-state index contributed by atoms with van der Waals surface area (Å²) in [6.07, 6.45) is 5.10. The van der Waals surface area contributed by atoms with Gasteiger partial charge in [-0.3, -0.25) is 43.9 Å². The summed E-state index contributed by atoms with van der Waals surface area (Å²) in [5.74, 6) is -1.49. The number of carbonyl (C=O) groups is 5. The summed E-state index contributed by atoms with van der Waals surface area (Å²) in [6.45, 7) is 8.43. The van der Waals surface area contributed by atoms with E-state index in [1.165, 1.54) is 4.57 Å². The second kappa shape index (κ2) is 14.5. The smallest absolute Gasteiger partial charge is 0.274 e. The van der Waals surface area contributed by atoms with Crippen LogP contribution in [0.15, 0.2) is 53.3 Å². The number of imide groups is 2. The van der Waals surface area contributed by atoms with Crippen LogP contribution >= 0.6 is 0 Å². The Bertz CT molecular complexity index is 2290. The monoisotopic (exact) mass is 784 g/mol. The van der Waals surface area contributed by atoms with Crippen molar-refractivity contribution in [1.29, 1.82) is 5.26 Å². The van der Waals surface area contributed by atoms with E-state index in [0.717, 1.165) is 80.0 Å². The number of benzene rings is 2. The number of rotatable bonds is 6. The molecule has 9 rings (SSSR count). The number of hydrogen-bond donors (Lipinski definition) is 1. The van der Waals surface area contributed by atoms with E-state index in [0.29, 0.717) is 60.2 Å². The third-order valence-electron chi connectivity index (χ3n) is 13.7. The maximum atomic E-state index is 13.6. The number of likely N-dealkylation sites (tertiary alicyclic amines) is 1. The molecule has 2 aromatic carbocycles. The molecule has 1 aromatic heterocycles. The lowest BCUT2D eigenvalue weighted by Gasteiger charge is -2.40. The topological polar surface area (TPSA) is 159 Å². The van der Waals surface area contributed by atoms with E-state index in [1.54, 1.807) is 31.3 Å². The van der Waals surface area contributed by atoms with Crippen LogP contribution in [0.1, 0.15) is 99.8 Å². The summed E-state index contributed by atoms with van der Waals surface area (Å²) in [5.41, 5.74) is 5.52. The van der Waals surface area contributed by atoms with Gasteiger partial charge in [0.05, 0.1) is 11.1 Å². The zero-order chi connectivity index (χ0) is 40.5. The molecule has 0 aliphatic carbocycles. The number of aromatic nitrogens is 1. The number of nitrogens with zero attached hydrogens (tertiary/aromatic N) is 7. The minimum Gasteiger partial charge on any atom is -0.371 e. The second-order valence-corrected chi connectivity index (χ2v) is 17.3. The Kier molecular flexibility index (Phi) is 9.46. The Morgan fingerprint density at radius 1 is 0.879 bits per heavy atom. The van der Waals surface area contributed by atoms with Crippen molar-refractivity contribution in [3.8, 4) is 6.07 Å². The van der Waals surface area contributed by atoms with Crippen LogP contribution in [-0.2, 0) is 29.7 Å². The molecule has 0 bridgehead atoms. The van der Waals surface area contributed by atoms with Gasteiger partial charge in [0.15, 0.2) is 0 Å². The largest absolute Gasteiger partial charge is 0.371 e. The predicted molar refractivity (Wildman–Crippen MR) is 214 cm³/mol. The van der Waals surface area contributed by atoms with Gasteiger partial charge in [-0.15, -0.1) is 0 Å². The van der Waals surface area contributed by atoms with Gasteiger partial charge in [-0.1, -0.05) is 0 Å². The molecule has 300 valence electrons. The van der Waals surface area contributed by atoms with Crippen LogP contribution in [0.5, 0.6) is 0 Å². The van der Waals surface area contributed by atoms with Crippen molar-refractivity contribution in [2.45, 2.75) is 77.0 Å². The van der Waals surface area contributed by atoms with E-state index in [1.807, 2.05) is 17.0 Å². The highest BCUT2D eigenvalue weighted by Gasteiger charge is 2.46. The van der Waals surface area contributed by atoms with E-state index >= 15 is 0 Å². The molecule has 5 amide bonds. The number of fused-ring (bicyclic) bond motifs is 2. The molecule has 14 nitrogen and oxygen atoms in total. The van der Waals surface area contributed by atoms with Crippen LogP contribution in [0.4, 0.5) is 11.4 Å². The Morgan fingerprint density at radius 2 is 1.53 bits per heavy atom. The van der Waals surface area contributed by atoms with Crippen LogP contribution in [0.3, 0.4) is 0 Å². The minimum absolute atomic E-state index is 0.0559. The van der Waals surface area contributed by atoms with Gasteiger partial charge in [-0.05, 0) is 116 Å². The number of anilines is 2. The van der Waals surface area contributed by atoms with Gasteiger partial charge in [0.2, 0.25) is 11.8 Å². The maximum Gasteiger partial charge on any atom is 0.274 e. The van der Waals surface area contributed by atoms with Gasteiger partial charge >= 0.3 is 0 Å². The van der Waals surface area contributed by atoms with E-state index in [2.05, 4.69) is 45.1 Å². The van der Waals surface area contributed by atoms with Gasteiger partial charge in [0, 0.05) is 83.1 Å². The summed E-state index contributed by atoms with van der Waals surface area (Å²) < 4.78 is 1.44. The number of amides is 5. The van der Waals surface area contributed by atoms with Crippen LogP contribution in [0.2, 0.25) is 0 Å². The van der Waals surface area contributed by atoms with Gasteiger partial charge < -0.3 is 19.3 Å². The Balaban J connectivity index is 0.749. The Hall–Kier alpha value is -5.81. The van der Waals surface area contributed by atoms with Crippen molar-refractivity contribution in [2.75, 3.05) is 49.1 Å². The Labute approximate surface area is 337 Å². The summed E-state index contributed by atoms with van der Waals surface area (Å²) in [7, 11) is 1.66. The molecule has 0 radical (unpaired) electrons. The second-order valence-electron chi connectivity index (χ2n) is 17.3. The number of nitriles is 1. The van der Waals surface area contributed by atoms with Crippen molar-refractivity contribution in [3.63, 3.8) is 0 Å². The van der Waals surface area contributed by atoms with E-state index in [-0.39, 0.29) is 35.8 Å². The fourth-order valence-electron chi connectivity index (χ4n) is 10.4. The first-order valence-electron chi connectivity index (χ1n) is 20.5. The zero-order valence-electron chi connectivity index (χ0n) is 33.0. The molecule has 7 heterocycles. The number of carbonyl (C=O) groups excluding carboxylic acids is 5. The summed E-state index contributed by atoms with van der Waals surface area (Å²) in [5, 5.41) is 11.6. The van der Waals surface area contributed by atoms with Crippen LogP contribution in [0.25, 0.3) is 0 Å². The highest BCUT2D eigenvalue weighted by Crippen LogP contribution is 2.45. The molecule has 6 aliphatic heterocycles. The Morgan fingerprint density at radius 3 is 2.16 bits per heavy atom.